The van der Waals surface area contributed by atoms with Crippen molar-refractivity contribution in [3.05, 3.63) is 29.8 Å². The van der Waals surface area contributed by atoms with Crippen LogP contribution in [-0.4, -0.2) is 76.5 Å². The number of nitrogens with one attached hydrogen (secondary N) is 2. The van der Waals surface area contributed by atoms with Crippen LogP contribution in [0.5, 0.6) is 0 Å². The molecule has 0 saturated carbocycles. The van der Waals surface area contributed by atoms with Gasteiger partial charge in [-0.15, -0.1) is 0 Å². The normalized spacial score (nSPS) is 12.5. The second-order valence-electron chi connectivity index (χ2n) is 7.26. The summed E-state index contributed by atoms with van der Waals surface area (Å²) in [5.74, 6) is -2.20. The minimum absolute atomic E-state index is 0.00902. The van der Waals surface area contributed by atoms with E-state index in [9.17, 15) is 22.8 Å². The average molecular weight is 472 g/mol. The first-order valence-corrected chi connectivity index (χ1v) is 11.9. The molecule has 0 bridgehead atoms. The van der Waals surface area contributed by atoms with E-state index in [0.29, 0.717) is 19.7 Å². The summed E-state index contributed by atoms with van der Waals surface area (Å²) in [5, 5.41) is 5.09. The predicted octanol–water partition coefficient (Wildman–Crippen LogP) is 0.777. The van der Waals surface area contributed by atoms with E-state index in [2.05, 4.69) is 10.6 Å². The second-order valence-corrected chi connectivity index (χ2v) is 9.20. The molecule has 0 unspecified atom stereocenters. The summed E-state index contributed by atoms with van der Waals surface area (Å²) in [6.45, 7) is 7.61. The molecule has 0 heterocycles. The molecule has 32 heavy (non-hydrogen) atoms. The number of amides is 2. The Balaban J connectivity index is 2.89. The fraction of sp³-hybridized carbons (Fsp3) is 0.571. The highest BCUT2D eigenvalue weighted by Gasteiger charge is 2.28. The van der Waals surface area contributed by atoms with E-state index in [1.54, 1.807) is 27.7 Å². The Kier molecular flexibility index (Phi) is 11.3. The van der Waals surface area contributed by atoms with Crippen molar-refractivity contribution in [1.82, 2.24) is 14.9 Å². The Morgan fingerprint density at radius 1 is 1.12 bits per heavy atom. The lowest BCUT2D eigenvalue weighted by Gasteiger charge is -2.21. The van der Waals surface area contributed by atoms with E-state index in [0.717, 1.165) is 0 Å². The topological polar surface area (TPSA) is 131 Å². The number of hydrogen-bond donors (Lipinski definition) is 2. The van der Waals surface area contributed by atoms with Crippen LogP contribution >= 0.6 is 0 Å². The van der Waals surface area contributed by atoms with E-state index in [1.165, 1.54) is 35.7 Å². The van der Waals surface area contributed by atoms with Crippen LogP contribution in [0.2, 0.25) is 0 Å². The fourth-order valence-electron chi connectivity index (χ4n) is 2.80. The summed E-state index contributed by atoms with van der Waals surface area (Å²) in [6, 6.07) is 4.61. The van der Waals surface area contributed by atoms with Gasteiger partial charge in [0.25, 0.3) is 11.8 Å². The highest BCUT2D eigenvalue weighted by molar-refractivity contribution is 7.89. The van der Waals surface area contributed by atoms with Gasteiger partial charge >= 0.3 is 5.97 Å². The van der Waals surface area contributed by atoms with Gasteiger partial charge in [-0.05, 0) is 24.1 Å². The Morgan fingerprint density at radius 2 is 1.78 bits per heavy atom. The van der Waals surface area contributed by atoms with Gasteiger partial charge in [-0.1, -0.05) is 33.8 Å². The molecule has 1 rings (SSSR count). The van der Waals surface area contributed by atoms with Gasteiger partial charge in [-0.2, -0.15) is 4.31 Å². The van der Waals surface area contributed by atoms with Gasteiger partial charge in [0.2, 0.25) is 10.0 Å². The standard InChI is InChI=1S/C21H33N3O7S/c1-6-24(7-2)32(28,29)17-10-8-9-16(13-17)20(26)23-19(15(3)4)21(27)31-14-18(25)22-11-12-30-5/h8-10,13,15,19H,6-7,11-12,14H2,1-5H3,(H,22,25)(H,23,26)/t19-/m0/s1. The van der Waals surface area contributed by atoms with Crippen molar-refractivity contribution in [1.29, 1.82) is 0 Å². The molecule has 11 heteroatoms. The van der Waals surface area contributed by atoms with Crippen LogP contribution in [0.3, 0.4) is 0 Å². The lowest BCUT2D eigenvalue weighted by Crippen LogP contribution is -2.46. The summed E-state index contributed by atoms with van der Waals surface area (Å²) in [5.41, 5.74) is 0.0917. The van der Waals surface area contributed by atoms with Crippen molar-refractivity contribution in [3.8, 4) is 0 Å². The number of carbonyl (C=O) groups is 3. The Morgan fingerprint density at radius 3 is 2.34 bits per heavy atom. The SMILES string of the molecule is CCN(CC)S(=O)(=O)c1cccc(C(=O)N[C@H](C(=O)OCC(=O)NCCOC)C(C)C)c1. The van der Waals surface area contributed by atoms with Gasteiger partial charge < -0.3 is 20.1 Å². The molecule has 1 aromatic rings. The predicted molar refractivity (Wildman–Crippen MR) is 118 cm³/mol. The average Bonchev–Trinajstić information content (AvgIpc) is 2.76. The van der Waals surface area contributed by atoms with Crippen molar-refractivity contribution in [3.63, 3.8) is 0 Å². The molecule has 0 radical (unpaired) electrons. The van der Waals surface area contributed by atoms with Crippen LogP contribution in [0, 0.1) is 5.92 Å². The molecule has 0 spiro atoms. The van der Waals surface area contributed by atoms with Crippen LogP contribution in [0.1, 0.15) is 38.1 Å². The summed E-state index contributed by atoms with van der Waals surface area (Å²) < 4.78 is 36.6. The van der Waals surface area contributed by atoms with E-state index >= 15 is 0 Å². The quantitative estimate of drug-likeness (QED) is 0.321. The van der Waals surface area contributed by atoms with Crippen molar-refractivity contribution in [2.24, 2.45) is 5.92 Å². The van der Waals surface area contributed by atoms with Crippen molar-refractivity contribution in [2.45, 2.75) is 38.6 Å². The maximum absolute atomic E-state index is 12.7. The number of ether oxygens (including phenoxy) is 2. The van der Waals surface area contributed by atoms with Gasteiger partial charge in [0.15, 0.2) is 6.61 Å². The molecule has 1 aromatic carbocycles. The molecule has 0 aliphatic heterocycles. The third kappa shape index (κ3) is 7.88. The molecule has 0 saturated heterocycles. The Labute approximate surface area is 189 Å². The van der Waals surface area contributed by atoms with Gasteiger partial charge in [0.05, 0.1) is 11.5 Å². The number of nitrogens with zero attached hydrogens (tertiary/aromatic N) is 1. The molecule has 1 atom stereocenters. The number of hydrogen-bond acceptors (Lipinski definition) is 7. The first-order chi connectivity index (χ1) is 15.1. The van der Waals surface area contributed by atoms with Gasteiger partial charge in [0, 0.05) is 32.3 Å². The molecule has 10 nitrogen and oxygen atoms in total. The minimum atomic E-state index is -3.74. The Bertz CT molecular complexity index is 883. The van der Waals surface area contributed by atoms with Gasteiger partial charge in [-0.3, -0.25) is 9.59 Å². The lowest BCUT2D eigenvalue weighted by atomic mass is 10.0. The maximum Gasteiger partial charge on any atom is 0.329 e. The smallest absolute Gasteiger partial charge is 0.329 e. The number of methoxy groups -OCH3 is 1. The first kappa shape index (κ1) is 27.5. The zero-order valence-corrected chi connectivity index (χ0v) is 20.0. The van der Waals surface area contributed by atoms with E-state index in [1.807, 2.05) is 0 Å². The fourth-order valence-corrected chi connectivity index (χ4v) is 4.31. The molecule has 0 fully saturated rings. The zero-order valence-electron chi connectivity index (χ0n) is 19.2. The summed E-state index contributed by atoms with van der Waals surface area (Å²) in [7, 11) is -2.24. The second kappa shape index (κ2) is 13.1. The van der Waals surface area contributed by atoms with Crippen LogP contribution < -0.4 is 10.6 Å². The van der Waals surface area contributed by atoms with Crippen LogP contribution in [-0.2, 0) is 29.1 Å². The molecule has 2 N–H and O–H groups in total. The summed E-state index contributed by atoms with van der Waals surface area (Å²) in [6.07, 6.45) is 0. The van der Waals surface area contributed by atoms with E-state index in [-0.39, 0.29) is 22.9 Å². The summed E-state index contributed by atoms with van der Waals surface area (Å²) >= 11 is 0. The monoisotopic (exact) mass is 471 g/mol. The van der Waals surface area contributed by atoms with Gasteiger partial charge in [0.1, 0.15) is 6.04 Å². The third-order valence-electron chi connectivity index (χ3n) is 4.62. The highest BCUT2D eigenvalue weighted by Crippen LogP contribution is 2.17. The molecule has 0 aliphatic carbocycles. The molecule has 180 valence electrons. The number of esters is 1. The molecular formula is C21H33N3O7S. The molecule has 0 aromatic heterocycles. The number of sulfonamides is 1. The van der Waals surface area contributed by atoms with Crippen molar-refractivity contribution in [2.75, 3.05) is 40.0 Å². The van der Waals surface area contributed by atoms with E-state index in [4.69, 9.17) is 9.47 Å². The lowest BCUT2D eigenvalue weighted by molar-refractivity contribution is -0.151. The zero-order chi connectivity index (χ0) is 24.3. The van der Waals surface area contributed by atoms with Crippen LogP contribution in [0.15, 0.2) is 29.2 Å². The van der Waals surface area contributed by atoms with Crippen molar-refractivity contribution >= 4 is 27.8 Å². The van der Waals surface area contributed by atoms with Crippen LogP contribution in [0.25, 0.3) is 0 Å². The van der Waals surface area contributed by atoms with Crippen molar-refractivity contribution < 1.29 is 32.3 Å². The number of carbonyl (C=O) groups excluding carboxylic acids is 3. The third-order valence-corrected chi connectivity index (χ3v) is 6.67. The number of rotatable bonds is 13. The van der Waals surface area contributed by atoms with Crippen LogP contribution in [0.4, 0.5) is 0 Å². The van der Waals surface area contributed by atoms with Gasteiger partial charge in [-0.25, -0.2) is 13.2 Å². The molecule has 2 amide bonds. The van der Waals surface area contributed by atoms with E-state index < -0.39 is 40.5 Å². The first-order valence-electron chi connectivity index (χ1n) is 10.4. The summed E-state index contributed by atoms with van der Waals surface area (Å²) in [4.78, 5) is 36.9. The molecular weight excluding hydrogens is 438 g/mol. The molecule has 0 aliphatic rings. The highest BCUT2D eigenvalue weighted by atomic mass is 32.2. The largest absolute Gasteiger partial charge is 0.454 e. The number of benzene rings is 1. The minimum Gasteiger partial charge on any atom is -0.454 e. The maximum atomic E-state index is 12.7. The Hall–Kier alpha value is -2.50.